The van der Waals surface area contributed by atoms with Crippen LogP contribution in [0.5, 0.6) is 0 Å². The highest BCUT2D eigenvalue weighted by Gasteiger charge is 2.49. The van der Waals surface area contributed by atoms with Gasteiger partial charge >= 0.3 is 13.2 Å². The molecule has 148 valence electrons. The van der Waals surface area contributed by atoms with Gasteiger partial charge in [0.2, 0.25) is 0 Å². The van der Waals surface area contributed by atoms with Crippen LogP contribution >= 0.6 is 0 Å². The molecular formula is C19H34BNO5. The number of rotatable bonds is 7. The molecule has 7 heteroatoms. The molecule has 0 saturated carbocycles. The van der Waals surface area contributed by atoms with Gasteiger partial charge < -0.3 is 23.7 Å². The van der Waals surface area contributed by atoms with E-state index < -0.39 is 18.8 Å². The van der Waals surface area contributed by atoms with Crippen LogP contribution in [0, 0.1) is 0 Å². The molecule has 1 rings (SSSR count). The molecule has 0 bridgehead atoms. The molecule has 1 heterocycles. The third-order valence-corrected chi connectivity index (χ3v) is 4.70. The second-order valence-electron chi connectivity index (χ2n) is 8.77. The third-order valence-electron chi connectivity index (χ3n) is 4.70. The normalized spacial score (nSPS) is 20.2. The fraction of sp³-hybridized carbons (Fsp3) is 0.789. The van der Waals surface area contributed by atoms with Gasteiger partial charge in [-0.2, -0.15) is 0 Å². The SMILES string of the molecule is CC(CC=O)N(CC/C=C/B1OC(C)(C)C(C)(C)O1)C(=O)OC(C)(C)C. The van der Waals surface area contributed by atoms with Gasteiger partial charge in [-0.3, -0.25) is 0 Å². The Hall–Kier alpha value is -1.34. The Morgan fingerprint density at radius 2 is 1.73 bits per heavy atom. The first kappa shape index (κ1) is 22.7. The van der Waals surface area contributed by atoms with E-state index in [4.69, 9.17) is 14.0 Å². The lowest BCUT2D eigenvalue weighted by Crippen LogP contribution is -2.42. The van der Waals surface area contributed by atoms with Gasteiger partial charge in [0.05, 0.1) is 11.2 Å². The minimum atomic E-state index is -0.575. The van der Waals surface area contributed by atoms with Crippen molar-refractivity contribution in [3.8, 4) is 0 Å². The Morgan fingerprint density at radius 1 is 1.19 bits per heavy atom. The number of carbonyl (C=O) groups is 2. The van der Waals surface area contributed by atoms with Crippen molar-refractivity contribution in [3.05, 3.63) is 12.1 Å². The van der Waals surface area contributed by atoms with E-state index in [-0.39, 0.29) is 23.7 Å². The highest BCUT2D eigenvalue weighted by atomic mass is 16.7. The molecule has 0 radical (unpaired) electrons. The Morgan fingerprint density at radius 3 is 2.19 bits per heavy atom. The molecule has 1 unspecified atom stereocenters. The molecule has 1 amide bonds. The van der Waals surface area contributed by atoms with Crippen LogP contribution in [0.2, 0.25) is 0 Å². The molecule has 26 heavy (non-hydrogen) atoms. The number of amides is 1. The molecule has 0 spiro atoms. The van der Waals surface area contributed by atoms with E-state index in [1.165, 1.54) is 0 Å². The Kier molecular flexibility index (Phi) is 7.48. The second kappa shape index (κ2) is 8.57. The number of hydrogen-bond donors (Lipinski definition) is 0. The van der Waals surface area contributed by atoms with Crippen molar-refractivity contribution in [3.63, 3.8) is 0 Å². The summed E-state index contributed by atoms with van der Waals surface area (Å²) in [5.41, 5.74) is -1.32. The van der Waals surface area contributed by atoms with Gasteiger partial charge in [-0.05, 0) is 61.8 Å². The topological polar surface area (TPSA) is 65.1 Å². The van der Waals surface area contributed by atoms with Crippen LogP contribution in [0.25, 0.3) is 0 Å². The van der Waals surface area contributed by atoms with Crippen molar-refractivity contribution in [1.82, 2.24) is 4.90 Å². The summed E-state index contributed by atoms with van der Waals surface area (Å²) in [7, 11) is -0.401. The Balaban J connectivity index is 2.64. The van der Waals surface area contributed by atoms with E-state index in [2.05, 4.69) is 0 Å². The van der Waals surface area contributed by atoms with Crippen LogP contribution in [-0.2, 0) is 18.8 Å². The largest absolute Gasteiger partial charge is 0.486 e. The van der Waals surface area contributed by atoms with Gasteiger partial charge in [-0.25, -0.2) is 4.79 Å². The van der Waals surface area contributed by atoms with Crippen molar-refractivity contribution in [1.29, 1.82) is 0 Å². The summed E-state index contributed by atoms with van der Waals surface area (Å²) in [6, 6.07) is -0.215. The third kappa shape index (κ3) is 6.43. The lowest BCUT2D eigenvalue weighted by atomic mass is 9.90. The molecule has 0 aromatic heterocycles. The van der Waals surface area contributed by atoms with Crippen molar-refractivity contribution in [2.24, 2.45) is 0 Å². The van der Waals surface area contributed by atoms with E-state index in [1.807, 2.05) is 67.4 Å². The number of aldehydes is 1. The first-order valence-electron chi connectivity index (χ1n) is 9.24. The Labute approximate surface area is 158 Å². The molecule has 1 fully saturated rings. The molecule has 0 N–H and O–H groups in total. The van der Waals surface area contributed by atoms with Crippen molar-refractivity contribution in [2.75, 3.05) is 6.54 Å². The zero-order valence-corrected chi connectivity index (χ0v) is 17.5. The quantitative estimate of drug-likeness (QED) is 0.506. The lowest BCUT2D eigenvalue weighted by molar-refractivity contribution is -0.108. The summed E-state index contributed by atoms with van der Waals surface area (Å²) >= 11 is 0. The predicted molar refractivity (Wildman–Crippen MR) is 103 cm³/mol. The van der Waals surface area contributed by atoms with Gasteiger partial charge in [-0.1, -0.05) is 12.1 Å². The summed E-state index contributed by atoms with van der Waals surface area (Å²) in [6.45, 7) is 15.8. The molecule has 1 saturated heterocycles. The van der Waals surface area contributed by atoms with E-state index in [9.17, 15) is 9.59 Å². The number of hydrogen-bond acceptors (Lipinski definition) is 5. The molecule has 1 aliphatic rings. The highest BCUT2D eigenvalue weighted by molar-refractivity contribution is 6.51. The fourth-order valence-corrected chi connectivity index (χ4v) is 2.47. The summed E-state index contributed by atoms with van der Waals surface area (Å²) < 4.78 is 17.3. The van der Waals surface area contributed by atoms with E-state index in [0.29, 0.717) is 13.0 Å². The second-order valence-corrected chi connectivity index (χ2v) is 8.77. The zero-order chi connectivity index (χ0) is 20.2. The van der Waals surface area contributed by atoms with Crippen LogP contribution in [-0.4, -0.2) is 53.8 Å². The average Bonchev–Trinajstić information content (AvgIpc) is 2.64. The maximum Gasteiger partial charge on any atom is 0.486 e. The smallest absolute Gasteiger partial charge is 0.444 e. The molecular weight excluding hydrogens is 333 g/mol. The van der Waals surface area contributed by atoms with Crippen molar-refractivity contribution >= 4 is 19.5 Å². The minimum absolute atomic E-state index is 0.215. The van der Waals surface area contributed by atoms with Gasteiger partial charge in [0.15, 0.2) is 0 Å². The molecule has 0 aromatic rings. The van der Waals surface area contributed by atoms with Crippen molar-refractivity contribution in [2.45, 2.75) is 91.1 Å². The van der Waals surface area contributed by atoms with Crippen molar-refractivity contribution < 1.29 is 23.6 Å². The highest BCUT2D eigenvalue weighted by Crippen LogP contribution is 2.36. The number of carbonyl (C=O) groups excluding carboxylic acids is 2. The van der Waals surface area contributed by atoms with Crippen LogP contribution < -0.4 is 0 Å². The van der Waals surface area contributed by atoms with Gasteiger partial charge in [0, 0.05) is 19.0 Å². The fourth-order valence-electron chi connectivity index (χ4n) is 2.47. The average molecular weight is 367 g/mol. The van der Waals surface area contributed by atoms with Crippen LogP contribution in [0.3, 0.4) is 0 Å². The lowest BCUT2D eigenvalue weighted by Gasteiger charge is -2.32. The van der Waals surface area contributed by atoms with Crippen LogP contribution in [0.15, 0.2) is 12.1 Å². The van der Waals surface area contributed by atoms with E-state index in [1.54, 1.807) is 4.90 Å². The van der Waals surface area contributed by atoms with Gasteiger partial charge in [-0.15, -0.1) is 0 Å². The van der Waals surface area contributed by atoms with E-state index >= 15 is 0 Å². The monoisotopic (exact) mass is 367 g/mol. The maximum absolute atomic E-state index is 12.4. The number of nitrogens with zero attached hydrogens (tertiary/aromatic N) is 1. The summed E-state index contributed by atoms with van der Waals surface area (Å²) in [4.78, 5) is 24.8. The summed E-state index contributed by atoms with van der Waals surface area (Å²) in [5, 5.41) is 0. The van der Waals surface area contributed by atoms with Crippen LogP contribution in [0.1, 0.15) is 68.2 Å². The van der Waals surface area contributed by atoms with Gasteiger partial charge in [0.25, 0.3) is 0 Å². The van der Waals surface area contributed by atoms with Gasteiger partial charge in [0.1, 0.15) is 11.9 Å². The number of ether oxygens (including phenoxy) is 1. The standard InChI is InChI=1S/C19H34BNO5/c1-15(11-14-22)21(16(23)24-17(2,3)4)13-10-9-12-20-25-18(5,6)19(7,8)26-20/h9,12,14-15H,10-11,13H2,1-8H3/b12-9+. The molecule has 6 nitrogen and oxygen atoms in total. The first-order chi connectivity index (χ1) is 11.8. The zero-order valence-electron chi connectivity index (χ0n) is 17.5. The summed E-state index contributed by atoms with van der Waals surface area (Å²) in [5.74, 6) is 1.87. The molecule has 1 aliphatic heterocycles. The molecule has 0 aliphatic carbocycles. The van der Waals surface area contributed by atoms with E-state index in [0.717, 1.165) is 6.29 Å². The minimum Gasteiger partial charge on any atom is -0.444 e. The Bertz CT molecular complexity index is 509. The summed E-state index contributed by atoms with van der Waals surface area (Å²) in [6.07, 6.45) is 3.25. The molecule has 1 atom stereocenters. The maximum atomic E-state index is 12.4. The predicted octanol–water partition coefficient (Wildman–Crippen LogP) is 3.78. The van der Waals surface area contributed by atoms with Crippen LogP contribution in [0.4, 0.5) is 4.79 Å². The molecule has 0 aromatic carbocycles. The first-order valence-corrected chi connectivity index (χ1v) is 9.24.